The molecule has 0 bridgehead atoms. The quantitative estimate of drug-likeness (QED) is 0.606. The minimum atomic E-state index is -0.563. The van der Waals surface area contributed by atoms with Gasteiger partial charge in [-0.2, -0.15) is 0 Å². The highest BCUT2D eigenvalue weighted by Crippen LogP contribution is 2.25. The molecule has 2 unspecified atom stereocenters. The molecule has 6 heteroatoms. The summed E-state index contributed by atoms with van der Waals surface area (Å²) in [6.07, 6.45) is 0.889. The molecule has 3 amide bonds. The summed E-state index contributed by atoms with van der Waals surface area (Å²) >= 11 is 0. The molecule has 0 spiro atoms. The molecule has 0 saturated heterocycles. The normalized spacial score (nSPS) is 12.9. The van der Waals surface area contributed by atoms with Crippen LogP contribution in [0.4, 0.5) is 16.2 Å². The van der Waals surface area contributed by atoms with Crippen LogP contribution in [0.3, 0.4) is 0 Å². The number of carbonyl (C=O) groups is 2. The van der Waals surface area contributed by atoms with Gasteiger partial charge in [0.1, 0.15) is 0 Å². The van der Waals surface area contributed by atoms with E-state index in [-0.39, 0.29) is 17.9 Å². The Bertz CT molecular complexity index is 743. The molecular formula is C19H24N4O2. The van der Waals surface area contributed by atoms with Gasteiger partial charge in [0, 0.05) is 5.56 Å². The van der Waals surface area contributed by atoms with Gasteiger partial charge in [-0.25, -0.2) is 4.79 Å². The molecule has 6 N–H and O–H groups in total. The minimum Gasteiger partial charge on any atom is -0.397 e. The zero-order valence-corrected chi connectivity index (χ0v) is 14.5. The van der Waals surface area contributed by atoms with E-state index in [1.807, 2.05) is 26.0 Å². The van der Waals surface area contributed by atoms with Crippen molar-refractivity contribution in [1.82, 2.24) is 5.32 Å². The fourth-order valence-corrected chi connectivity index (χ4v) is 2.59. The minimum absolute atomic E-state index is 0.190. The highest BCUT2D eigenvalue weighted by molar-refractivity contribution is 6.05. The summed E-state index contributed by atoms with van der Waals surface area (Å²) in [6, 6.07) is 13.4. The highest BCUT2D eigenvalue weighted by atomic mass is 16.2. The number of benzene rings is 2. The number of urea groups is 1. The standard InChI is InChI=1S/C19H24N4O2/c1-3-12(2)17(23-19(21)25)13-8-10-14(11-9-13)18(24)22-16-7-5-4-6-15(16)20/h4-12,17H,3,20H2,1-2H3,(H,22,24)(H3,21,23,25). The predicted molar refractivity (Wildman–Crippen MR) is 100 cm³/mol. The van der Waals surface area contributed by atoms with E-state index in [4.69, 9.17) is 11.5 Å². The number of primary amides is 1. The molecular weight excluding hydrogens is 316 g/mol. The lowest BCUT2D eigenvalue weighted by Crippen LogP contribution is -2.36. The number of para-hydroxylation sites is 2. The third-order valence-corrected chi connectivity index (χ3v) is 4.25. The Morgan fingerprint density at radius 2 is 1.72 bits per heavy atom. The molecule has 0 saturated carbocycles. The smallest absolute Gasteiger partial charge is 0.312 e. The molecule has 0 aliphatic carbocycles. The van der Waals surface area contributed by atoms with Crippen molar-refractivity contribution in [2.75, 3.05) is 11.1 Å². The van der Waals surface area contributed by atoms with Crippen molar-refractivity contribution in [3.8, 4) is 0 Å². The zero-order valence-electron chi connectivity index (χ0n) is 14.5. The van der Waals surface area contributed by atoms with Gasteiger partial charge in [-0.1, -0.05) is 44.5 Å². The molecule has 6 nitrogen and oxygen atoms in total. The van der Waals surface area contributed by atoms with Crippen molar-refractivity contribution >= 4 is 23.3 Å². The Morgan fingerprint density at radius 3 is 2.28 bits per heavy atom. The van der Waals surface area contributed by atoms with Crippen LogP contribution in [0.5, 0.6) is 0 Å². The Balaban J connectivity index is 2.16. The average molecular weight is 340 g/mol. The Labute approximate surface area is 147 Å². The first kappa shape index (κ1) is 18.3. The topological polar surface area (TPSA) is 110 Å². The molecule has 2 aromatic carbocycles. The second-order valence-corrected chi connectivity index (χ2v) is 6.04. The van der Waals surface area contributed by atoms with Gasteiger partial charge in [0.25, 0.3) is 5.91 Å². The highest BCUT2D eigenvalue weighted by Gasteiger charge is 2.19. The van der Waals surface area contributed by atoms with E-state index in [0.29, 0.717) is 16.9 Å². The molecule has 0 aliphatic rings. The number of anilines is 2. The third-order valence-electron chi connectivity index (χ3n) is 4.25. The first-order valence-corrected chi connectivity index (χ1v) is 8.24. The van der Waals surface area contributed by atoms with Crippen molar-refractivity contribution < 1.29 is 9.59 Å². The van der Waals surface area contributed by atoms with Gasteiger partial charge < -0.3 is 22.1 Å². The summed E-state index contributed by atoms with van der Waals surface area (Å²) in [5.74, 6) is -0.0244. The molecule has 0 aliphatic heterocycles. The van der Waals surface area contributed by atoms with Crippen LogP contribution in [0.2, 0.25) is 0 Å². The van der Waals surface area contributed by atoms with Crippen LogP contribution in [0, 0.1) is 5.92 Å². The van der Waals surface area contributed by atoms with Crippen molar-refractivity contribution in [3.05, 3.63) is 59.7 Å². The monoisotopic (exact) mass is 340 g/mol. The van der Waals surface area contributed by atoms with E-state index in [1.54, 1.807) is 36.4 Å². The molecule has 2 rings (SSSR count). The van der Waals surface area contributed by atoms with Crippen molar-refractivity contribution in [2.24, 2.45) is 11.7 Å². The summed E-state index contributed by atoms with van der Waals surface area (Å²) in [5.41, 5.74) is 13.6. The van der Waals surface area contributed by atoms with Crippen LogP contribution in [0.15, 0.2) is 48.5 Å². The summed E-state index contributed by atoms with van der Waals surface area (Å²) in [4.78, 5) is 23.6. The second kappa shape index (κ2) is 8.19. The van der Waals surface area contributed by atoms with E-state index in [0.717, 1.165) is 12.0 Å². The number of hydrogen-bond acceptors (Lipinski definition) is 3. The molecule has 0 aromatic heterocycles. The van der Waals surface area contributed by atoms with Gasteiger partial charge in [-0.15, -0.1) is 0 Å². The maximum atomic E-state index is 12.4. The fourth-order valence-electron chi connectivity index (χ4n) is 2.59. The van der Waals surface area contributed by atoms with Gasteiger partial charge in [0.15, 0.2) is 0 Å². The average Bonchev–Trinajstić information content (AvgIpc) is 2.61. The van der Waals surface area contributed by atoms with Crippen molar-refractivity contribution in [2.45, 2.75) is 26.3 Å². The van der Waals surface area contributed by atoms with Gasteiger partial charge >= 0.3 is 6.03 Å². The van der Waals surface area contributed by atoms with E-state index in [1.165, 1.54) is 0 Å². The molecule has 0 radical (unpaired) electrons. The summed E-state index contributed by atoms with van der Waals surface area (Å²) in [5, 5.41) is 5.55. The van der Waals surface area contributed by atoms with Crippen molar-refractivity contribution in [1.29, 1.82) is 0 Å². The molecule has 0 heterocycles. The van der Waals surface area contributed by atoms with Crippen LogP contribution in [-0.4, -0.2) is 11.9 Å². The van der Waals surface area contributed by atoms with Crippen LogP contribution in [0.1, 0.15) is 42.2 Å². The third kappa shape index (κ3) is 4.73. The van der Waals surface area contributed by atoms with Crippen molar-refractivity contribution in [3.63, 3.8) is 0 Å². The van der Waals surface area contributed by atoms with E-state index >= 15 is 0 Å². The maximum absolute atomic E-state index is 12.4. The van der Waals surface area contributed by atoms with Gasteiger partial charge in [-0.3, -0.25) is 4.79 Å². The van der Waals surface area contributed by atoms with E-state index in [2.05, 4.69) is 10.6 Å². The van der Waals surface area contributed by atoms with Gasteiger partial charge in [-0.05, 0) is 35.7 Å². The number of carbonyl (C=O) groups excluding carboxylic acids is 2. The van der Waals surface area contributed by atoms with Crippen LogP contribution >= 0.6 is 0 Å². The first-order chi connectivity index (χ1) is 11.9. The van der Waals surface area contributed by atoms with Gasteiger partial charge in [0.2, 0.25) is 0 Å². The first-order valence-electron chi connectivity index (χ1n) is 8.24. The lowest BCUT2D eigenvalue weighted by atomic mass is 9.92. The van der Waals surface area contributed by atoms with Gasteiger partial charge in [0.05, 0.1) is 17.4 Å². The number of nitrogens with two attached hydrogens (primary N) is 2. The summed E-state index contributed by atoms with van der Waals surface area (Å²) < 4.78 is 0. The summed E-state index contributed by atoms with van der Waals surface area (Å²) in [7, 11) is 0. The molecule has 0 fully saturated rings. The Hall–Kier alpha value is -3.02. The number of nitrogen functional groups attached to an aromatic ring is 1. The lowest BCUT2D eigenvalue weighted by molar-refractivity contribution is 0.102. The molecule has 25 heavy (non-hydrogen) atoms. The fraction of sp³-hybridized carbons (Fsp3) is 0.263. The predicted octanol–water partition coefficient (Wildman–Crippen LogP) is 3.28. The number of hydrogen-bond donors (Lipinski definition) is 4. The molecule has 2 atom stereocenters. The number of amides is 3. The SMILES string of the molecule is CCC(C)C(NC(N)=O)c1ccc(C(=O)Nc2ccccc2N)cc1. The van der Waals surface area contributed by atoms with Crippen LogP contribution in [-0.2, 0) is 0 Å². The lowest BCUT2D eigenvalue weighted by Gasteiger charge is -2.24. The summed E-state index contributed by atoms with van der Waals surface area (Å²) in [6.45, 7) is 4.09. The largest absolute Gasteiger partial charge is 0.397 e. The number of nitrogens with one attached hydrogen (secondary N) is 2. The zero-order chi connectivity index (χ0) is 18.4. The van der Waals surface area contributed by atoms with Crippen LogP contribution < -0.4 is 22.1 Å². The Kier molecular flexibility index (Phi) is 6.00. The van der Waals surface area contributed by atoms with Crippen LogP contribution in [0.25, 0.3) is 0 Å². The number of rotatable bonds is 6. The molecule has 132 valence electrons. The maximum Gasteiger partial charge on any atom is 0.312 e. The Morgan fingerprint density at radius 1 is 1.08 bits per heavy atom. The second-order valence-electron chi connectivity index (χ2n) is 6.04. The van der Waals surface area contributed by atoms with E-state index in [9.17, 15) is 9.59 Å². The van der Waals surface area contributed by atoms with E-state index < -0.39 is 6.03 Å². The molecule has 2 aromatic rings.